The first-order valence-electron chi connectivity index (χ1n) is 26.7. The van der Waals surface area contributed by atoms with Crippen LogP contribution in [0.3, 0.4) is 0 Å². The van der Waals surface area contributed by atoms with E-state index in [-0.39, 0.29) is 12.5 Å². The minimum Gasteiger partial charge on any atom is -0.394 e. The zero-order chi connectivity index (χ0) is 45.9. The van der Waals surface area contributed by atoms with Crippen molar-refractivity contribution in [1.82, 2.24) is 5.32 Å². The van der Waals surface area contributed by atoms with Crippen LogP contribution in [0, 0.1) is 0 Å². The van der Waals surface area contributed by atoms with Crippen LogP contribution in [0.1, 0.15) is 245 Å². The number of unbranched alkanes of at least 4 members (excludes halogenated alkanes) is 31. The van der Waals surface area contributed by atoms with Crippen LogP contribution in [0.25, 0.3) is 0 Å². The topological polar surface area (TPSA) is 149 Å². The fraction of sp³-hybridized carbons (Fsp3) is 0.870. The molecule has 1 rings (SSSR count). The van der Waals surface area contributed by atoms with Crippen molar-refractivity contribution in [2.75, 3.05) is 13.2 Å². The third kappa shape index (κ3) is 34.4. The molecule has 63 heavy (non-hydrogen) atoms. The first kappa shape index (κ1) is 59.4. The average Bonchev–Trinajstić information content (AvgIpc) is 3.28. The molecule has 0 bridgehead atoms. The summed E-state index contributed by atoms with van der Waals surface area (Å²) in [5.74, 6) is -0.191. The summed E-state index contributed by atoms with van der Waals surface area (Å²) >= 11 is 0. The Morgan fingerprint density at radius 1 is 0.524 bits per heavy atom. The first-order valence-corrected chi connectivity index (χ1v) is 26.7. The molecule has 1 heterocycles. The second-order valence-corrected chi connectivity index (χ2v) is 18.7. The van der Waals surface area contributed by atoms with Gasteiger partial charge in [0.2, 0.25) is 5.91 Å². The quantitative estimate of drug-likeness (QED) is 0.0261. The lowest BCUT2D eigenvalue weighted by Crippen LogP contribution is -2.60. The van der Waals surface area contributed by atoms with Gasteiger partial charge in [-0.2, -0.15) is 0 Å². The molecule has 1 aliphatic rings. The zero-order valence-electron chi connectivity index (χ0n) is 40.8. The van der Waals surface area contributed by atoms with Gasteiger partial charge in [0.1, 0.15) is 24.4 Å². The molecule has 1 amide bonds. The lowest BCUT2D eigenvalue weighted by atomic mass is 9.99. The van der Waals surface area contributed by atoms with Crippen molar-refractivity contribution < 1.29 is 39.8 Å². The Labute approximate surface area is 387 Å². The number of ether oxygens (including phenoxy) is 2. The van der Waals surface area contributed by atoms with Crippen LogP contribution >= 0.6 is 0 Å². The van der Waals surface area contributed by atoms with Crippen molar-refractivity contribution in [2.45, 2.75) is 288 Å². The number of amides is 1. The van der Waals surface area contributed by atoms with Crippen molar-refractivity contribution >= 4 is 5.91 Å². The molecule has 0 spiro atoms. The van der Waals surface area contributed by atoms with E-state index in [4.69, 9.17) is 9.47 Å². The van der Waals surface area contributed by atoms with E-state index in [1.165, 1.54) is 173 Å². The molecule has 1 saturated heterocycles. The molecule has 1 aliphatic heterocycles. The van der Waals surface area contributed by atoms with Crippen LogP contribution in [-0.2, 0) is 14.3 Å². The van der Waals surface area contributed by atoms with E-state index in [1.807, 2.05) is 6.08 Å². The van der Waals surface area contributed by atoms with Gasteiger partial charge in [0.25, 0.3) is 0 Å². The summed E-state index contributed by atoms with van der Waals surface area (Å²) in [6, 6.07) is -0.823. The Balaban J connectivity index is 2.28. The highest BCUT2D eigenvalue weighted by Gasteiger charge is 2.44. The summed E-state index contributed by atoms with van der Waals surface area (Å²) in [4.78, 5) is 13.0. The van der Waals surface area contributed by atoms with E-state index in [2.05, 4.69) is 43.5 Å². The average molecular weight is 892 g/mol. The monoisotopic (exact) mass is 892 g/mol. The van der Waals surface area contributed by atoms with Crippen molar-refractivity contribution in [3.8, 4) is 0 Å². The maximum atomic E-state index is 13.0. The summed E-state index contributed by atoms with van der Waals surface area (Å²) in [6.07, 6.45) is 49.2. The number of aliphatic hydroxyl groups is 5. The third-order valence-electron chi connectivity index (χ3n) is 12.7. The van der Waals surface area contributed by atoms with E-state index in [0.717, 1.165) is 51.4 Å². The molecule has 0 aromatic heterocycles. The van der Waals surface area contributed by atoms with Crippen LogP contribution in [-0.4, -0.2) is 87.5 Å². The highest BCUT2D eigenvalue weighted by molar-refractivity contribution is 5.76. The van der Waals surface area contributed by atoms with Gasteiger partial charge in [0.15, 0.2) is 6.29 Å². The Morgan fingerprint density at radius 3 is 1.35 bits per heavy atom. The Kier molecular flexibility index (Phi) is 41.7. The van der Waals surface area contributed by atoms with Crippen LogP contribution < -0.4 is 5.32 Å². The normalized spacial score (nSPS) is 20.4. The lowest BCUT2D eigenvalue weighted by Gasteiger charge is -2.40. The number of allylic oxidation sites excluding steroid dienone is 5. The fourth-order valence-electron chi connectivity index (χ4n) is 8.40. The largest absolute Gasteiger partial charge is 0.394 e. The maximum Gasteiger partial charge on any atom is 0.220 e. The third-order valence-corrected chi connectivity index (χ3v) is 12.7. The second kappa shape index (κ2) is 44.3. The van der Waals surface area contributed by atoms with Gasteiger partial charge in [-0.25, -0.2) is 0 Å². The maximum absolute atomic E-state index is 13.0. The van der Waals surface area contributed by atoms with Crippen molar-refractivity contribution in [3.05, 3.63) is 36.5 Å². The molecule has 6 N–H and O–H groups in total. The molecule has 0 aromatic carbocycles. The molecular weight excluding hydrogens is 791 g/mol. The molecule has 9 nitrogen and oxygen atoms in total. The van der Waals surface area contributed by atoms with Gasteiger partial charge in [0, 0.05) is 6.42 Å². The van der Waals surface area contributed by atoms with Gasteiger partial charge in [0.05, 0.1) is 25.4 Å². The number of nitrogens with one attached hydrogen (secondary N) is 1. The molecule has 0 radical (unpaired) electrons. The minimum atomic E-state index is -1.57. The molecule has 7 atom stereocenters. The summed E-state index contributed by atoms with van der Waals surface area (Å²) in [7, 11) is 0. The molecule has 0 saturated carbocycles. The van der Waals surface area contributed by atoms with Gasteiger partial charge in [-0.1, -0.05) is 217 Å². The van der Waals surface area contributed by atoms with Gasteiger partial charge in [-0.3, -0.25) is 4.79 Å². The van der Waals surface area contributed by atoms with Gasteiger partial charge in [-0.05, 0) is 57.8 Å². The van der Waals surface area contributed by atoms with Crippen molar-refractivity contribution in [1.29, 1.82) is 0 Å². The number of hydrogen-bond acceptors (Lipinski definition) is 8. The zero-order valence-corrected chi connectivity index (χ0v) is 40.8. The number of carbonyl (C=O) groups is 1. The summed E-state index contributed by atoms with van der Waals surface area (Å²) < 4.78 is 11.2. The predicted molar refractivity (Wildman–Crippen MR) is 263 cm³/mol. The molecule has 9 heteroatoms. The molecule has 7 unspecified atom stereocenters. The number of hydrogen-bond donors (Lipinski definition) is 6. The molecule has 0 aromatic rings. The van der Waals surface area contributed by atoms with Crippen LogP contribution in [0.2, 0.25) is 0 Å². The molecule has 370 valence electrons. The second-order valence-electron chi connectivity index (χ2n) is 18.7. The van der Waals surface area contributed by atoms with Crippen LogP contribution in [0.5, 0.6) is 0 Å². The summed E-state index contributed by atoms with van der Waals surface area (Å²) in [5, 5.41) is 54.3. The highest BCUT2D eigenvalue weighted by atomic mass is 16.7. The molecular formula is C54H101NO8. The SMILES string of the molecule is CCCCCC/C=C\CCCCCCCCCC(=O)NC(COC1OC(CO)C(O)C(O)C1O)C(O)/C=C/CC/C=C/CCCCCCCCCCCCCCCCCCCCC. The summed E-state index contributed by atoms with van der Waals surface area (Å²) in [6.45, 7) is 3.76. The van der Waals surface area contributed by atoms with Crippen molar-refractivity contribution in [2.24, 2.45) is 0 Å². The van der Waals surface area contributed by atoms with Crippen LogP contribution in [0.15, 0.2) is 36.5 Å². The standard InChI is InChI=1S/C54H101NO8/c1-3-5-7-9-11-13-15-17-19-20-21-22-23-24-25-26-27-28-30-31-33-35-37-39-41-43-48(57)47(46-62-54-53(61)52(60)51(59)49(45-56)63-54)55-50(58)44-42-40-38-36-34-32-29-18-16-14-12-10-8-6-4-2/h14,16,33,35,41,43,47-49,51-54,56-57,59-61H,3-13,15,17-32,34,36-40,42,44-46H2,1-2H3,(H,55,58)/b16-14-,35-33+,43-41+. The van der Waals surface area contributed by atoms with Gasteiger partial charge >= 0.3 is 0 Å². The predicted octanol–water partition coefficient (Wildman–Crippen LogP) is 12.4. The molecule has 1 fully saturated rings. The van der Waals surface area contributed by atoms with E-state index in [9.17, 15) is 30.3 Å². The van der Waals surface area contributed by atoms with Crippen molar-refractivity contribution in [3.63, 3.8) is 0 Å². The van der Waals surface area contributed by atoms with Gasteiger partial charge < -0.3 is 40.3 Å². The fourth-order valence-corrected chi connectivity index (χ4v) is 8.40. The van der Waals surface area contributed by atoms with E-state index >= 15 is 0 Å². The molecule has 0 aliphatic carbocycles. The van der Waals surface area contributed by atoms with E-state index < -0.39 is 49.5 Å². The highest BCUT2D eigenvalue weighted by Crippen LogP contribution is 2.23. The number of rotatable bonds is 45. The Morgan fingerprint density at radius 2 is 0.905 bits per heavy atom. The Hall–Kier alpha value is -1.59. The van der Waals surface area contributed by atoms with E-state index in [0.29, 0.717) is 6.42 Å². The minimum absolute atomic E-state index is 0.191. The first-order chi connectivity index (χ1) is 30.8. The van der Waals surface area contributed by atoms with Gasteiger partial charge in [-0.15, -0.1) is 0 Å². The smallest absolute Gasteiger partial charge is 0.220 e. The number of carbonyl (C=O) groups excluding carboxylic acids is 1. The van der Waals surface area contributed by atoms with E-state index in [1.54, 1.807) is 6.08 Å². The Bertz CT molecular complexity index is 1080. The van der Waals surface area contributed by atoms with Crippen LogP contribution in [0.4, 0.5) is 0 Å². The number of aliphatic hydroxyl groups excluding tert-OH is 5. The lowest BCUT2D eigenvalue weighted by molar-refractivity contribution is -0.302. The summed E-state index contributed by atoms with van der Waals surface area (Å²) in [5.41, 5.74) is 0.